The van der Waals surface area contributed by atoms with Gasteiger partial charge in [-0.3, -0.25) is 15.1 Å². The van der Waals surface area contributed by atoms with Crippen molar-refractivity contribution in [3.8, 4) is 11.3 Å². The molecule has 3 aromatic rings. The third-order valence-electron chi connectivity index (χ3n) is 6.00. The molecular weight excluding hydrogens is 434 g/mol. The SMILES string of the molecule is COC(=O)CN1CCC(N(Cc2ccccc2)c2nc(-c3ccc(C(=N)N)cc3)cs2)CC1. The Morgan fingerprint density at radius 1 is 1.18 bits per heavy atom. The molecule has 0 atom stereocenters. The highest BCUT2D eigenvalue weighted by Crippen LogP contribution is 2.32. The summed E-state index contributed by atoms with van der Waals surface area (Å²) >= 11 is 1.65. The number of nitrogens with zero attached hydrogens (tertiary/aromatic N) is 3. The molecule has 1 saturated heterocycles. The summed E-state index contributed by atoms with van der Waals surface area (Å²) in [5.74, 6) is -0.122. The summed E-state index contributed by atoms with van der Waals surface area (Å²) in [5.41, 5.74) is 9.47. The molecule has 7 nitrogen and oxygen atoms in total. The number of hydrogen-bond donors (Lipinski definition) is 2. The Balaban J connectivity index is 1.53. The number of esters is 1. The highest BCUT2D eigenvalue weighted by molar-refractivity contribution is 7.14. The van der Waals surface area contributed by atoms with Gasteiger partial charge in [-0.2, -0.15) is 0 Å². The second-order valence-electron chi connectivity index (χ2n) is 8.20. The van der Waals surface area contributed by atoms with Crippen molar-refractivity contribution in [2.45, 2.75) is 25.4 Å². The number of carbonyl (C=O) groups excluding carboxylic acids is 1. The molecule has 172 valence electrons. The number of anilines is 1. The minimum Gasteiger partial charge on any atom is -0.468 e. The fraction of sp³-hybridized carbons (Fsp3) is 0.320. The van der Waals surface area contributed by atoms with Crippen molar-refractivity contribution < 1.29 is 9.53 Å². The third-order valence-corrected chi connectivity index (χ3v) is 6.88. The van der Waals surface area contributed by atoms with E-state index in [9.17, 15) is 4.79 Å². The van der Waals surface area contributed by atoms with E-state index in [0.717, 1.165) is 48.9 Å². The number of likely N-dealkylation sites (tertiary alicyclic amines) is 1. The van der Waals surface area contributed by atoms with Crippen LogP contribution in [-0.4, -0.2) is 54.5 Å². The summed E-state index contributed by atoms with van der Waals surface area (Å²) in [6.45, 7) is 2.85. The topological polar surface area (TPSA) is 95.5 Å². The number of nitrogen functional groups attached to an aromatic ring is 1. The van der Waals surface area contributed by atoms with Crippen LogP contribution in [0.25, 0.3) is 11.3 Å². The molecule has 0 saturated carbocycles. The van der Waals surface area contributed by atoms with Gasteiger partial charge in [0.15, 0.2) is 5.13 Å². The highest BCUT2D eigenvalue weighted by atomic mass is 32.1. The number of amidine groups is 1. The summed E-state index contributed by atoms with van der Waals surface area (Å²) in [7, 11) is 1.43. The molecule has 0 spiro atoms. The maximum Gasteiger partial charge on any atom is 0.319 e. The highest BCUT2D eigenvalue weighted by Gasteiger charge is 2.28. The van der Waals surface area contributed by atoms with E-state index in [1.54, 1.807) is 11.3 Å². The molecule has 2 aromatic carbocycles. The molecule has 0 radical (unpaired) electrons. The van der Waals surface area contributed by atoms with Gasteiger partial charge >= 0.3 is 5.97 Å². The van der Waals surface area contributed by atoms with Crippen molar-refractivity contribution in [3.63, 3.8) is 0 Å². The zero-order valence-electron chi connectivity index (χ0n) is 18.7. The Kier molecular flexibility index (Phi) is 7.36. The number of hydrogen-bond acceptors (Lipinski definition) is 7. The van der Waals surface area contributed by atoms with Crippen LogP contribution in [0.3, 0.4) is 0 Å². The zero-order chi connectivity index (χ0) is 23.2. The monoisotopic (exact) mass is 463 g/mol. The van der Waals surface area contributed by atoms with Gasteiger partial charge in [0.25, 0.3) is 0 Å². The first kappa shape index (κ1) is 22.9. The normalized spacial score (nSPS) is 14.7. The van der Waals surface area contributed by atoms with Crippen LogP contribution < -0.4 is 10.6 Å². The number of piperidine rings is 1. The summed E-state index contributed by atoms with van der Waals surface area (Å²) < 4.78 is 4.82. The van der Waals surface area contributed by atoms with Gasteiger partial charge in [0.1, 0.15) is 5.84 Å². The molecule has 3 N–H and O–H groups in total. The Morgan fingerprint density at radius 3 is 2.52 bits per heavy atom. The van der Waals surface area contributed by atoms with E-state index < -0.39 is 0 Å². The van der Waals surface area contributed by atoms with E-state index in [1.165, 1.54) is 12.7 Å². The maximum atomic E-state index is 11.7. The number of ether oxygens (including phenoxy) is 1. The van der Waals surface area contributed by atoms with Crippen LogP contribution in [-0.2, 0) is 16.1 Å². The molecule has 1 fully saturated rings. The number of benzene rings is 2. The maximum absolute atomic E-state index is 11.7. The number of carbonyl (C=O) groups is 1. The Labute approximate surface area is 198 Å². The van der Waals surface area contributed by atoms with Crippen LogP contribution in [0.15, 0.2) is 60.0 Å². The average Bonchev–Trinajstić information content (AvgIpc) is 3.34. The molecule has 1 aromatic heterocycles. The van der Waals surface area contributed by atoms with E-state index in [1.807, 2.05) is 30.3 Å². The largest absolute Gasteiger partial charge is 0.468 e. The van der Waals surface area contributed by atoms with Crippen molar-refractivity contribution in [2.24, 2.45) is 5.73 Å². The van der Waals surface area contributed by atoms with Gasteiger partial charge in [0, 0.05) is 42.2 Å². The summed E-state index contributed by atoms with van der Waals surface area (Å²) in [6.07, 6.45) is 1.93. The van der Waals surface area contributed by atoms with E-state index >= 15 is 0 Å². The number of aromatic nitrogens is 1. The molecular formula is C25H29N5O2S. The van der Waals surface area contributed by atoms with Crippen LogP contribution in [0, 0.1) is 5.41 Å². The predicted octanol–water partition coefficient (Wildman–Crippen LogP) is 3.74. The van der Waals surface area contributed by atoms with Crippen molar-refractivity contribution in [1.29, 1.82) is 5.41 Å². The first-order chi connectivity index (χ1) is 16.0. The molecule has 0 aliphatic carbocycles. The van der Waals surface area contributed by atoms with Gasteiger partial charge in [-0.1, -0.05) is 54.6 Å². The second kappa shape index (κ2) is 10.6. The number of methoxy groups -OCH3 is 1. The molecule has 1 aliphatic heterocycles. The lowest BCUT2D eigenvalue weighted by molar-refractivity contribution is -0.142. The van der Waals surface area contributed by atoms with Crippen molar-refractivity contribution in [2.75, 3.05) is 31.6 Å². The summed E-state index contributed by atoms with van der Waals surface area (Å²) in [5, 5.41) is 10.7. The first-order valence-corrected chi connectivity index (χ1v) is 11.9. The predicted molar refractivity (Wildman–Crippen MR) is 133 cm³/mol. The van der Waals surface area contributed by atoms with E-state index in [2.05, 4.69) is 39.4 Å². The Bertz CT molecular complexity index is 1080. The van der Waals surface area contributed by atoms with Gasteiger partial charge in [0.05, 0.1) is 19.3 Å². The fourth-order valence-corrected chi connectivity index (χ4v) is 5.02. The number of thiazole rings is 1. The lowest BCUT2D eigenvalue weighted by atomic mass is 10.0. The lowest BCUT2D eigenvalue weighted by Gasteiger charge is -2.38. The molecule has 33 heavy (non-hydrogen) atoms. The van der Waals surface area contributed by atoms with Crippen molar-refractivity contribution in [3.05, 3.63) is 71.1 Å². The van der Waals surface area contributed by atoms with E-state index in [-0.39, 0.29) is 11.8 Å². The van der Waals surface area contributed by atoms with Crippen molar-refractivity contribution in [1.82, 2.24) is 9.88 Å². The van der Waals surface area contributed by atoms with Crippen LogP contribution in [0.1, 0.15) is 24.0 Å². The van der Waals surface area contributed by atoms with E-state index in [4.69, 9.17) is 20.9 Å². The summed E-state index contributed by atoms with van der Waals surface area (Å²) in [6, 6.07) is 18.4. The van der Waals surface area contributed by atoms with Gasteiger partial charge in [-0.15, -0.1) is 11.3 Å². The second-order valence-corrected chi connectivity index (χ2v) is 9.04. The summed E-state index contributed by atoms with van der Waals surface area (Å²) in [4.78, 5) is 21.2. The fourth-order valence-electron chi connectivity index (χ4n) is 4.12. The number of nitrogens with two attached hydrogens (primary N) is 1. The average molecular weight is 464 g/mol. The number of rotatable bonds is 8. The molecule has 0 unspecified atom stereocenters. The van der Waals surface area contributed by atoms with Gasteiger partial charge < -0.3 is 15.4 Å². The zero-order valence-corrected chi connectivity index (χ0v) is 19.6. The molecule has 4 rings (SSSR count). The molecule has 1 aliphatic rings. The smallest absolute Gasteiger partial charge is 0.319 e. The minimum absolute atomic E-state index is 0.0631. The van der Waals surface area contributed by atoms with Crippen LogP contribution in [0.2, 0.25) is 0 Å². The van der Waals surface area contributed by atoms with E-state index in [0.29, 0.717) is 18.2 Å². The Hall–Kier alpha value is -3.23. The standard InChI is InChI=1S/C25H29N5O2S/c1-32-23(31)16-29-13-11-21(12-14-29)30(15-18-5-3-2-4-6-18)25-28-22(17-33-25)19-7-9-20(10-8-19)24(26)27/h2-10,17,21H,11-16H2,1H3,(H3,26,27). The first-order valence-electron chi connectivity index (χ1n) is 11.0. The number of nitrogens with one attached hydrogen (secondary N) is 1. The van der Waals surface area contributed by atoms with Gasteiger partial charge in [-0.25, -0.2) is 4.98 Å². The van der Waals surface area contributed by atoms with Gasteiger partial charge in [-0.05, 0) is 18.4 Å². The van der Waals surface area contributed by atoms with Crippen LogP contribution in [0.4, 0.5) is 5.13 Å². The molecule has 2 heterocycles. The third kappa shape index (κ3) is 5.77. The molecule has 0 amide bonds. The Morgan fingerprint density at radius 2 is 1.88 bits per heavy atom. The molecule has 8 heteroatoms. The lowest BCUT2D eigenvalue weighted by Crippen LogP contribution is -2.46. The minimum atomic E-state index is -0.185. The van der Waals surface area contributed by atoms with Gasteiger partial charge in [0.2, 0.25) is 0 Å². The van der Waals surface area contributed by atoms with Crippen LogP contribution >= 0.6 is 11.3 Å². The van der Waals surface area contributed by atoms with Crippen LogP contribution in [0.5, 0.6) is 0 Å². The molecule has 0 bridgehead atoms. The quantitative estimate of drug-likeness (QED) is 0.300. The van der Waals surface area contributed by atoms with Crippen molar-refractivity contribution >= 4 is 28.3 Å².